The number of aromatic nitrogens is 1. The van der Waals surface area contributed by atoms with Crippen LogP contribution in [0.3, 0.4) is 0 Å². The van der Waals surface area contributed by atoms with E-state index in [1.54, 1.807) is 0 Å². The first-order valence-electron chi connectivity index (χ1n) is 4.03. The second-order valence-corrected chi connectivity index (χ2v) is 5.27. The van der Waals surface area contributed by atoms with Crippen LogP contribution in [0.1, 0.15) is 0 Å². The summed E-state index contributed by atoms with van der Waals surface area (Å²) in [5.41, 5.74) is 0.992. The van der Waals surface area contributed by atoms with Gasteiger partial charge < -0.3 is 0 Å². The molecule has 0 spiro atoms. The van der Waals surface area contributed by atoms with Gasteiger partial charge in [0.2, 0.25) is 0 Å². The van der Waals surface area contributed by atoms with Gasteiger partial charge in [0.25, 0.3) is 0 Å². The molecule has 2 rings (SSSR count). The zero-order valence-corrected chi connectivity index (χ0v) is 16.2. The number of benzene rings is 1. The molecule has 1 aromatic carbocycles. The van der Waals surface area contributed by atoms with Gasteiger partial charge in [-0.2, -0.15) is 0 Å². The molecule has 0 saturated carbocycles. The second kappa shape index (κ2) is 4.14. The average molecular weight is 405 g/mol. The standard InChI is InChI=1S/C9H6ClN2.Ra.H/c10-7-2-3-8-6(5-7)1-4-9(11)12-8;;/h1-5H,(H-,11,12);;/q-1;+1;. The molecule has 0 aliphatic rings. The molecule has 0 saturated heterocycles. The zero-order chi connectivity index (χ0) is 9.26. The van der Waals surface area contributed by atoms with Crippen molar-refractivity contribution in [2.75, 3.05) is 0.848 Å². The normalized spacial score (nSPS) is 10.2. The summed E-state index contributed by atoms with van der Waals surface area (Å²) >= 11 is 6.16. The number of hydrogen-bond acceptors (Lipinski definition) is 2. The van der Waals surface area contributed by atoms with E-state index in [0.29, 0.717) is 43.2 Å². The summed E-state index contributed by atoms with van der Waals surface area (Å²) in [5, 5.41) is 1.84. The maximum absolute atomic E-state index is 5.86. The molecule has 0 atom stereocenters. The van der Waals surface area contributed by atoms with Gasteiger partial charge in [-0.05, 0) is 0 Å². The van der Waals surface area contributed by atoms with Gasteiger partial charge in [-0.25, -0.2) is 0 Å². The van der Waals surface area contributed by atoms with Gasteiger partial charge in [-0.3, -0.25) is 0 Å². The summed E-state index contributed by atoms with van der Waals surface area (Å²) in [6.45, 7) is 0. The third-order valence-corrected chi connectivity index (χ3v) is 4.25. The van der Waals surface area contributed by atoms with E-state index in [2.05, 4.69) is 5.83 Å². The number of halogens is 1. The molecule has 1 N–H and O–H groups in total. The summed E-state index contributed by atoms with van der Waals surface area (Å²) in [4.78, 5) is 4.42. The van der Waals surface area contributed by atoms with Crippen LogP contribution in [0.4, 0.5) is 5.82 Å². The third-order valence-electron chi connectivity index (χ3n) is 1.91. The van der Waals surface area contributed by atoms with E-state index in [4.69, 9.17) is 11.6 Å². The topological polar surface area (TPSA) is 24.9 Å². The van der Waals surface area contributed by atoms with Crippen molar-refractivity contribution in [3.8, 4) is 0 Å². The van der Waals surface area contributed by atoms with Gasteiger partial charge >= 0.3 is 113 Å². The number of nitrogens with zero attached hydrogens (tertiary/aromatic N) is 1. The van der Waals surface area contributed by atoms with Gasteiger partial charge in [0.05, 0.1) is 0 Å². The molecule has 1 aromatic heterocycles. The van der Waals surface area contributed by atoms with Gasteiger partial charge in [-0.15, -0.1) is 0 Å². The van der Waals surface area contributed by atoms with E-state index in [1.165, 1.54) is 0 Å². The Balaban J connectivity index is 2.66. The summed E-state index contributed by atoms with van der Waals surface area (Å²) in [6.07, 6.45) is 0. The van der Waals surface area contributed by atoms with Crippen LogP contribution in [-0.2, 0) is 0 Å². The van der Waals surface area contributed by atoms with Crippen LogP contribution in [0.25, 0.3) is 10.9 Å². The molecule has 1 heterocycles. The summed E-state index contributed by atoms with van der Waals surface area (Å²) in [7, 11) is 0. The molecular formula is C9H7ClN2Ra. The Morgan fingerprint density at radius 2 is 2.08 bits per heavy atom. The molecule has 13 heavy (non-hydrogen) atoms. The van der Waals surface area contributed by atoms with E-state index in [1.807, 2.05) is 30.3 Å². The third kappa shape index (κ3) is 2.16. The molecule has 0 aliphatic heterocycles. The Hall–Kier alpha value is 0.188. The van der Waals surface area contributed by atoms with Crippen LogP contribution < -0.4 is 0.848 Å². The first kappa shape index (κ1) is 9.73. The minimum atomic E-state index is 0.299. The molecular weight excluding hydrogens is 398 g/mol. The number of anilines is 1. The quantitative estimate of drug-likeness (QED) is 0.790. The molecule has 2 nitrogen and oxygen atoms in total. The number of hydrogen-bond donors (Lipinski definition) is 1. The molecule has 4 heteroatoms. The summed E-state index contributed by atoms with van der Waals surface area (Å²) < 4.78 is 3.22. The van der Waals surface area contributed by atoms with Gasteiger partial charge in [0.1, 0.15) is 0 Å². The van der Waals surface area contributed by atoms with Crippen LogP contribution >= 0.6 is 11.6 Å². The average Bonchev–Trinajstić information content (AvgIpc) is 2.17. The van der Waals surface area contributed by atoms with Gasteiger partial charge in [0.15, 0.2) is 0 Å². The fourth-order valence-electron chi connectivity index (χ4n) is 1.24. The molecule has 2 aromatic rings. The number of fused-ring (bicyclic) bond motifs is 1. The van der Waals surface area contributed by atoms with Gasteiger partial charge in [-0.1, -0.05) is 0 Å². The van der Waals surface area contributed by atoms with E-state index >= 15 is 0 Å². The predicted molar refractivity (Wildman–Crippen MR) is 51.8 cm³/mol. The van der Waals surface area contributed by atoms with E-state index in [0.717, 1.165) is 21.7 Å². The van der Waals surface area contributed by atoms with Crippen LogP contribution in [-0.4, -0.2) is 4.98 Å². The molecule has 0 bridgehead atoms. The Labute approximate surface area is 111 Å². The van der Waals surface area contributed by atoms with Crippen molar-refractivity contribution in [2.45, 2.75) is 0 Å². The van der Waals surface area contributed by atoms with Crippen molar-refractivity contribution in [3.05, 3.63) is 35.4 Å². The number of pyridine rings is 1. The number of nitrogens with one attached hydrogen (secondary N) is 1. The minimum absolute atomic E-state index is 0.299. The Bertz CT molecular complexity index is 445. The Kier molecular flexibility index (Phi) is 3.10. The van der Waals surface area contributed by atoms with E-state index in [-0.39, 0.29) is 0 Å². The monoisotopic (exact) mass is 404 g/mol. The molecule has 62 valence electrons. The van der Waals surface area contributed by atoms with Crippen LogP contribution in [0, 0.1) is 43.2 Å². The molecule has 0 amide bonds. The second-order valence-electron chi connectivity index (χ2n) is 2.78. The van der Waals surface area contributed by atoms with E-state index in [9.17, 15) is 0 Å². The Morgan fingerprint density at radius 1 is 1.23 bits per heavy atom. The van der Waals surface area contributed by atoms with Crippen molar-refractivity contribution >= 4 is 28.3 Å². The van der Waals surface area contributed by atoms with E-state index < -0.39 is 0 Å². The number of rotatable bonds is 1. The Morgan fingerprint density at radius 3 is 2.85 bits per heavy atom. The predicted octanol–water partition coefficient (Wildman–Crippen LogP) is 2.50. The molecule has 0 aliphatic carbocycles. The van der Waals surface area contributed by atoms with Gasteiger partial charge in [0, 0.05) is 0 Å². The van der Waals surface area contributed by atoms with Crippen molar-refractivity contribution in [1.29, 1.82) is 0 Å². The molecule has 0 radical (unpaired) electrons. The first-order chi connectivity index (χ1) is 6.29. The zero-order valence-electron chi connectivity index (χ0n) is 7.21. The van der Waals surface area contributed by atoms with Crippen molar-refractivity contribution in [2.24, 2.45) is 0 Å². The van der Waals surface area contributed by atoms with Crippen molar-refractivity contribution < 1.29 is 43.2 Å². The van der Waals surface area contributed by atoms with Crippen LogP contribution in [0.15, 0.2) is 30.3 Å². The van der Waals surface area contributed by atoms with Crippen LogP contribution in [0.5, 0.6) is 0 Å². The SMILES string of the molecule is Clc1ccc2nc([NH][RaH])ccc2c1. The molecule has 0 unspecified atom stereocenters. The van der Waals surface area contributed by atoms with Crippen molar-refractivity contribution in [3.63, 3.8) is 0 Å². The summed E-state index contributed by atoms with van der Waals surface area (Å²) in [6, 6.07) is 9.75. The molecule has 0 fully saturated rings. The fourth-order valence-corrected chi connectivity index (χ4v) is 2.56. The van der Waals surface area contributed by atoms with Crippen molar-refractivity contribution in [1.82, 2.24) is 4.98 Å². The maximum atomic E-state index is 5.86. The fraction of sp³-hybridized carbons (Fsp3) is 0. The summed E-state index contributed by atoms with van der Waals surface area (Å²) in [5.74, 6) is 0.972. The first-order valence-corrected chi connectivity index (χ1v) is 8.52. The van der Waals surface area contributed by atoms with Crippen LogP contribution in [0.2, 0.25) is 5.02 Å².